The minimum Gasteiger partial charge on any atom is -0.484 e. The van der Waals surface area contributed by atoms with Crippen LogP contribution in [0.25, 0.3) is 0 Å². The Kier molecular flexibility index (Phi) is 6.21. The number of carbonyl (C=O) groups is 1. The fourth-order valence-corrected chi connectivity index (χ4v) is 2.29. The average molecular weight is 429 g/mol. The van der Waals surface area contributed by atoms with E-state index in [2.05, 4.69) is 33.1 Å². The lowest BCUT2D eigenvalue weighted by molar-refractivity contribution is -0.123. The Balaban J connectivity index is 1.83. The first-order valence-corrected chi connectivity index (χ1v) is 7.97. The average Bonchev–Trinajstić information content (AvgIpc) is 2.50. The Hall–Kier alpha value is -1.60. The SMILES string of the molecule is Cc1cc(OCC(=O)NN=Cc2ccccc2I)ccc1Cl. The van der Waals surface area contributed by atoms with Gasteiger partial charge in [-0.2, -0.15) is 5.10 Å². The maximum atomic E-state index is 11.7. The molecule has 1 N–H and O–H groups in total. The third-order valence-electron chi connectivity index (χ3n) is 2.80. The summed E-state index contributed by atoms with van der Waals surface area (Å²) in [4.78, 5) is 11.7. The van der Waals surface area contributed by atoms with Crippen molar-refractivity contribution in [3.8, 4) is 5.75 Å². The van der Waals surface area contributed by atoms with Crippen molar-refractivity contribution in [2.45, 2.75) is 6.92 Å². The second kappa shape index (κ2) is 8.14. The second-order valence-corrected chi connectivity index (χ2v) is 6.08. The van der Waals surface area contributed by atoms with Crippen molar-refractivity contribution in [1.82, 2.24) is 5.43 Å². The smallest absolute Gasteiger partial charge is 0.277 e. The summed E-state index contributed by atoms with van der Waals surface area (Å²) in [5.41, 5.74) is 4.27. The van der Waals surface area contributed by atoms with Crippen LogP contribution in [0, 0.1) is 10.5 Å². The predicted molar refractivity (Wildman–Crippen MR) is 96.6 cm³/mol. The molecule has 2 aromatic carbocycles. The third-order valence-corrected chi connectivity index (χ3v) is 4.20. The van der Waals surface area contributed by atoms with E-state index in [1.54, 1.807) is 24.4 Å². The molecule has 0 heterocycles. The van der Waals surface area contributed by atoms with Gasteiger partial charge in [-0.25, -0.2) is 5.43 Å². The van der Waals surface area contributed by atoms with Crippen LogP contribution in [0.5, 0.6) is 5.75 Å². The maximum Gasteiger partial charge on any atom is 0.277 e. The van der Waals surface area contributed by atoms with Gasteiger partial charge in [-0.15, -0.1) is 0 Å². The molecule has 0 aliphatic heterocycles. The van der Waals surface area contributed by atoms with Gasteiger partial charge in [0.1, 0.15) is 5.75 Å². The van der Waals surface area contributed by atoms with Crippen LogP contribution >= 0.6 is 34.2 Å². The van der Waals surface area contributed by atoms with Crippen molar-refractivity contribution >= 4 is 46.3 Å². The Morgan fingerprint density at radius 2 is 2.14 bits per heavy atom. The van der Waals surface area contributed by atoms with Crippen LogP contribution in [-0.4, -0.2) is 18.7 Å². The van der Waals surface area contributed by atoms with E-state index in [9.17, 15) is 4.79 Å². The van der Waals surface area contributed by atoms with Crippen molar-refractivity contribution in [2.75, 3.05) is 6.61 Å². The summed E-state index contributed by atoms with van der Waals surface area (Å²) in [5.74, 6) is 0.272. The molecule has 0 atom stereocenters. The maximum absolute atomic E-state index is 11.7. The quantitative estimate of drug-likeness (QED) is 0.448. The number of halogens is 2. The molecule has 4 nitrogen and oxygen atoms in total. The number of ether oxygens (including phenoxy) is 1. The molecule has 0 radical (unpaired) electrons. The molecule has 114 valence electrons. The molecule has 0 fully saturated rings. The molecule has 0 saturated heterocycles. The second-order valence-electron chi connectivity index (χ2n) is 4.51. The minimum absolute atomic E-state index is 0.107. The van der Waals surface area contributed by atoms with Crippen molar-refractivity contribution in [1.29, 1.82) is 0 Å². The van der Waals surface area contributed by atoms with Crippen LogP contribution in [0.3, 0.4) is 0 Å². The van der Waals surface area contributed by atoms with Crippen molar-refractivity contribution in [3.63, 3.8) is 0 Å². The zero-order chi connectivity index (χ0) is 15.9. The molecule has 1 amide bonds. The third kappa shape index (κ3) is 4.99. The highest BCUT2D eigenvalue weighted by Gasteiger charge is 2.03. The first-order chi connectivity index (χ1) is 10.6. The number of amides is 1. The van der Waals surface area contributed by atoms with Crippen molar-refractivity contribution in [2.24, 2.45) is 5.10 Å². The van der Waals surface area contributed by atoms with Crippen LogP contribution in [0.2, 0.25) is 5.02 Å². The fraction of sp³-hybridized carbons (Fsp3) is 0.125. The number of aryl methyl sites for hydroxylation is 1. The molecule has 2 rings (SSSR count). The van der Waals surface area contributed by atoms with Crippen molar-refractivity contribution < 1.29 is 9.53 Å². The van der Waals surface area contributed by atoms with Crippen LogP contribution < -0.4 is 10.2 Å². The molecular weight excluding hydrogens is 415 g/mol. The molecule has 2 aromatic rings. The molecule has 0 aliphatic rings. The molecule has 0 saturated carbocycles. The highest BCUT2D eigenvalue weighted by Crippen LogP contribution is 2.20. The summed E-state index contributed by atoms with van der Waals surface area (Å²) in [6.45, 7) is 1.77. The first-order valence-electron chi connectivity index (χ1n) is 6.51. The van der Waals surface area contributed by atoms with Crippen molar-refractivity contribution in [3.05, 3.63) is 62.2 Å². The predicted octanol–water partition coefficient (Wildman–Crippen LogP) is 3.78. The molecule has 0 unspecified atom stereocenters. The van der Waals surface area contributed by atoms with E-state index in [0.717, 1.165) is 14.7 Å². The number of nitrogens with zero attached hydrogens (tertiary/aromatic N) is 1. The summed E-state index contributed by atoms with van der Waals surface area (Å²) < 4.78 is 6.45. The molecule has 0 spiro atoms. The zero-order valence-corrected chi connectivity index (χ0v) is 14.8. The van der Waals surface area contributed by atoms with E-state index >= 15 is 0 Å². The Morgan fingerprint density at radius 3 is 2.86 bits per heavy atom. The van der Waals surface area contributed by atoms with Gasteiger partial charge in [0.25, 0.3) is 5.91 Å². The van der Waals surface area contributed by atoms with Crippen LogP contribution in [0.4, 0.5) is 0 Å². The van der Waals surface area contributed by atoms with Gasteiger partial charge in [0.2, 0.25) is 0 Å². The fourth-order valence-electron chi connectivity index (χ4n) is 1.64. The van der Waals surface area contributed by atoms with Crippen LogP contribution in [0.15, 0.2) is 47.6 Å². The van der Waals surface area contributed by atoms with Gasteiger partial charge in [0, 0.05) is 14.2 Å². The summed E-state index contributed by atoms with van der Waals surface area (Å²) >= 11 is 8.14. The molecule has 0 bridgehead atoms. The number of carbonyl (C=O) groups excluding carboxylic acids is 1. The van der Waals surface area contributed by atoms with E-state index in [1.807, 2.05) is 31.2 Å². The minimum atomic E-state index is -0.324. The van der Waals surface area contributed by atoms with E-state index < -0.39 is 0 Å². The molecule has 0 aromatic heterocycles. The van der Waals surface area contributed by atoms with Crippen LogP contribution in [0.1, 0.15) is 11.1 Å². The monoisotopic (exact) mass is 428 g/mol. The van der Waals surface area contributed by atoms with Gasteiger partial charge in [-0.1, -0.05) is 29.8 Å². The largest absolute Gasteiger partial charge is 0.484 e. The van der Waals surface area contributed by atoms with Crippen LogP contribution in [-0.2, 0) is 4.79 Å². The van der Waals surface area contributed by atoms with Gasteiger partial charge < -0.3 is 4.74 Å². The highest BCUT2D eigenvalue weighted by atomic mass is 127. The summed E-state index contributed by atoms with van der Waals surface area (Å²) in [5, 5.41) is 4.58. The summed E-state index contributed by atoms with van der Waals surface area (Å²) in [6.07, 6.45) is 1.60. The standard InChI is InChI=1S/C16H14ClIN2O2/c1-11-8-13(6-7-14(11)17)22-10-16(21)20-19-9-12-4-2-3-5-15(12)18/h2-9H,10H2,1H3,(H,20,21). The van der Waals surface area contributed by atoms with E-state index in [-0.39, 0.29) is 12.5 Å². The van der Waals surface area contributed by atoms with E-state index in [0.29, 0.717) is 10.8 Å². The Labute approximate surface area is 147 Å². The molecule has 0 aliphatic carbocycles. The van der Waals surface area contributed by atoms with Gasteiger partial charge in [-0.3, -0.25) is 4.79 Å². The van der Waals surface area contributed by atoms with Gasteiger partial charge in [0.15, 0.2) is 6.61 Å². The normalized spacial score (nSPS) is 10.7. The lowest BCUT2D eigenvalue weighted by Crippen LogP contribution is -2.24. The highest BCUT2D eigenvalue weighted by molar-refractivity contribution is 14.1. The topological polar surface area (TPSA) is 50.7 Å². The number of rotatable bonds is 5. The number of hydrogen-bond acceptors (Lipinski definition) is 3. The molecule has 6 heteroatoms. The zero-order valence-electron chi connectivity index (χ0n) is 11.8. The van der Waals surface area contributed by atoms with Gasteiger partial charge in [0.05, 0.1) is 6.21 Å². The van der Waals surface area contributed by atoms with E-state index in [1.165, 1.54) is 0 Å². The lowest BCUT2D eigenvalue weighted by atomic mass is 10.2. The lowest BCUT2D eigenvalue weighted by Gasteiger charge is -2.06. The molecular formula is C16H14ClIN2O2. The Bertz CT molecular complexity index is 704. The Morgan fingerprint density at radius 1 is 1.36 bits per heavy atom. The first kappa shape index (κ1) is 16.8. The number of nitrogens with one attached hydrogen (secondary N) is 1. The number of hydrazone groups is 1. The van der Waals surface area contributed by atoms with Gasteiger partial charge in [-0.05, 0) is 59.3 Å². The van der Waals surface area contributed by atoms with Gasteiger partial charge >= 0.3 is 0 Å². The number of hydrogen-bond donors (Lipinski definition) is 1. The molecule has 22 heavy (non-hydrogen) atoms. The van der Waals surface area contributed by atoms with E-state index in [4.69, 9.17) is 16.3 Å². The summed E-state index contributed by atoms with van der Waals surface area (Å²) in [6, 6.07) is 13.0. The summed E-state index contributed by atoms with van der Waals surface area (Å²) in [7, 11) is 0. The number of benzene rings is 2.